The molecular formula is C39H34N2O2Si2. The first-order valence-electron chi connectivity index (χ1n) is 15.1. The van der Waals surface area contributed by atoms with Crippen LogP contribution in [0, 0.1) is 0 Å². The quantitative estimate of drug-likeness (QED) is 0.0863. The molecule has 0 spiro atoms. The van der Waals surface area contributed by atoms with Crippen LogP contribution in [-0.4, -0.2) is 29.1 Å². The van der Waals surface area contributed by atoms with E-state index in [0.717, 1.165) is 31.1 Å². The van der Waals surface area contributed by atoms with Gasteiger partial charge in [-0.3, -0.25) is 0 Å². The van der Waals surface area contributed by atoms with Crippen molar-refractivity contribution in [3.8, 4) is 0 Å². The van der Waals surface area contributed by atoms with E-state index in [0.29, 0.717) is 6.42 Å². The van der Waals surface area contributed by atoms with Crippen LogP contribution < -0.4 is 31.1 Å². The molecule has 0 bridgehead atoms. The van der Waals surface area contributed by atoms with Gasteiger partial charge in [-0.2, -0.15) is 0 Å². The average Bonchev–Trinajstić information content (AvgIpc) is 3.13. The molecule has 45 heavy (non-hydrogen) atoms. The Morgan fingerprint density at radius 3 is 0.733 bits per heavy atom. The van der Waals surface area contributed by atoms with Crippen LogP contribution >= 0.6 is 0 Å². The summed E-state index contributed by atoms with van der Waals surface area (Å²) in [7, 11) is -5.84. The van der Waals surface area contributed by atoms with E-state index >= 15 is 0 Å². The van der Waals surface area contributed by atoms with Gasteiger partial charge in [0.25, 0.3) is 0 Å². The van der Waals surface area contributed by atoms with Crippen molar-refractivity contribution in [3.63, 3.8) is 0 Å². The van der Waals surface area contributed by atoms with Gasteiger partial charge in [-0.1, -0.05) is 182 Å². The summed E-state index contributed by atoms with van der Waals surface area (Å²) in [4.78, 5) is 0. The van der Waals surface area contributed by atoms with E-state index in [4.69, 9.17) is 9.05 Å². The molecule has 0 aliphatic heterocycles. The van der Waals surface area contributed by atoms with Crippen LogP contribution in [0.2, 0.25) is 0 Å². The standard InChI is InChI=1S/C39H34N2O2Si2/c1-7-20-34(21-8-1)44(35-22-9-2-10-23-35,36-24-11-3-12-25-36)42-40-32-19-33-41-43-45(37-26-13-4-14-27-37,38-28-15-5-16-29-38)39-30-17-6-18-31-39/h1-18,20-33H,19H2. The third-order valence-electron chi connectivity index (χ3n) is 7.82. The first-order valence-corrected chi connectivity index (χ1v) is 18.9. The van der Waals surface area contributed by atoms with Crippen molar-refractivity contribution >= 4 is 60.2 Å². The molecular weight excluding hydrogens is 585 g/mol. The summed E-state index contributed by atoms with van der Waals surface area (Å²) in [5.41, 5.74) is 0. The van der Waals surface area contributed by atoms with Crippen molar-refractivity contribution in [2.75, 3.05) is 0 Å². The summed E-state index contributed by atoms with van der Waals surface area (Å²) >= 11 is 0. The molecule has 6 heteroatoms. The fourth-order valence-corrected chi connectivity index (χ4v) is 12.8. The topological polar surface area (TPSA) is 43.2 Å². The molecule has 6 rings (SSSR count). The highest BCUT2D eigenvalue weighted by Gasteiger charge is 2.45. The molecule has 220 valence electrons. The first-order chi connectivity index (χ1) is 22.3. The molecule has 0 aliphatic rings. The molecule has 0 saturated heterocycles. The highest BCUT2D eigenvalue weighted by Crippen LogP contribution is 2.12. The maximum atomic E-state index is 6.66. The van der Waals surface area contributed by atoms with Gasteiger partial charge in [-0.05, 0) is 31.1 Å². The third kappa shape index (κ3) is 6.33. The van der Waals surface area contributed by atoms with Crippen LogP contribution in [-0.2, 0) is 9.05 Å². The summed E-state index contributed by atoms with van der Waals surface area (Å²) in [5.74, 6) is 0. The second-order valence-electron chi connectivity index (χ2n) is 10.6. The van der Waals surface area contributed by atoms with Crippen LogP contribution in [0.15, 0.2) is 192 Å². The lowest BCUT2D eigenvalue weighted by molar-refractivity contribution is 0.348. The minimum Gasteiger partial charge on any atom is -0.438 e. The zero-order chi connectivity index (χ0) is 30.6. The van der Waals surface area contributed by atoms with Crippen LogP contribution in [0.4, 0.5) is 0 Å². The number of hydrogen-bond donors (Lipinski definition) is 0. The van der Waals surface area contributed by atoms with Crippen LogP contribution in [0.25, 0.3) is 0 Å². The summed E-state index contributed by atoms with van der Waals surface area (Å²) < 4.78 is 13.3. The Morgan fingerprint density at radius 2 is 0.533 bits per heavy atom. The molecule has 0 atom stereocenters. The van der Waals surface area contributed by atoms with E-state index in [1.165, 1.54) is 0 Å². The van der Waals surface area contributed by atoms with Gasteiger partial charge in [-0.15, -0.1) is 10.3 Å². The minimum absolute atomic E-state index is 0.450. The summed E-state index contributed by atoms with van der Waals surface area (Å²) in [6, 6.07) is 62.5. The second-order valence-corrected chi connectivity index (χ2v) is 17.1. The molecule has 0 heterocycles. The molecule has 0 radical (unpaired) electrons. The Labute approximate surface area is 267 Å². The molecule has 0 amide bonds. The van der Waals surface area contributed by atoms with E-state index in [2.05, 4.69) is 156 Å². The molecule has 6 aromatic carbocycles. The number of oxime groups is 2. The predicted molar refractivity (Wildman–Crippen MR) is 192 cm³/mol. The zero-order valence-electron chi connectivity index (χ0n) is 24.9. The number of nitrogens with zero attached hydrogens (tertiary/aromatic N) is 2. The zero-order valence-corrected chi connectivity index (χ0v) is 26.9. The van der Waals surface area contributed by atoms with Gasteiger partial charge in [-0.25, -0.2) is 0 Å². The van der Waals surface area contributed by atoms with E-state index in [9.17, 15) is 0 Å². The van der Waals surface area contributed by atoms with Crippen molar-refractivity contribution < 1.29 is 9.05 Å². The number of benzene rings is 6. The Hall–Kier alpha value is -5.31. The van der Waals surface area contributed by atoms with Gasteiger partial charge in [0.1, 0.15) is 0 Å². The average molecular weight is 619 g/mol. The van der Waals surface area contributed by atoms with Gasteiger partial charge in [0.05, 0.1) is 0 Å². The molecule has 0 fully saturated rings. The molecule has 0 aromatic heterocycles. The van der Waals surface area contributed by atoms with Gasteiger partial charge in [0, 0.05) is 18.9 Å². The molecule has 0 aliphatic carbocycles. The summed E-state index contributed by atoms with van der Waals surface area (Å²) in [5, 5.41) is 15.9. The van der Waals surface area contributed by atoms with Crippen molar-refractivity contribution in [3.05, 3.63) is 182 Å². The fourth-order valence-electron chi connectivity index (χ4n) is 5.72. The SMILES string of the molecule is C(CC=NO[Si](c1ccccc1)(c1ccccc1)c1ccccc1)=NO[Si](c1ccccc1)(c1ccccc1)c1ccccc1. The van der Waals surface area contributed by atoms with Gasteiger partial charge in [0.15, 0.2) is 0 Å². The lowest BCUT2D eigenvalue weighted by atomic mass is 10.3. The van der Waals surface area contributed by atoms with Gasteiger partial charge >= 0.3 is 16.6 Å². The molecule has 6 aromatic rings. The predicted octanol–water partition coefficient (Wildman–Crippen LogP) is 4.72. The highest BCUT2D eigenvalue weighted by atomic mass is 28.4. The Bertz CT molecular complexity index is 1470. The van der Waals surface area contributed by atoms with Gasteiger partial charge in [0.2, 0.25) is 0 Å². The van der Waals surface area contributed by atoms with E-state index < -0.39 is 16.6 Å². The largest absolute Gasteiger partial charge is 0.438 e. The maximum Gasteiger partial charge on any atom is 0.380 e. The molecule has 0 unspecified atom stereocenters. The lowest BCUT2D eigenvalue weighted by Gasteiger charge is -2.30. The van der Waals surface area contributed by atoms with E-state index in [1.807, 2.05) is 36.4 Å². The van der Waals surface area contributed by atoms with Crippen molar-refractivity contribution in [2.24, 2.45) is 10.3 Å². The van der Waals surface area contributed by atoms with Gasteiger partial charge < -0.3 is 9.05 Å². The van der Waals surface area contributed by atoms with Crippen molar-refractivity contribution in [1.29, 1.82) is 0 Å². The number of rotatable bonds is 12. The van der Waals surface area contributed by atoms with E-state index in [-0.39, 0.29) is 0 Å². The Morgan fingerprint density at radius 1 is 0.333 bits per heavy atom. The molecule has 0 saturated carbocycles. The highest BCUT2D eigenvalue weighted by molar-refractivity contribution is 7.07. The second kappa shape index (κ2) is 14.4. The van der Waals surface area contributed by atoms with E-state index in [1.54, 1.807) is 12.4 Å². The first kappa shape index (κ1) is 29.8. The third-order valence-corrected chi connectivity index (χ3v) is 15.5. The summed E-state index contributed by atoms with van der Waals surface area (Å²) in [6.45, 7) is 0. The van der Waals surface area contributed by atoms with Crippen LogP contribution in [0.5, 0.6) is 0 Å². The maximum absolute atomic E-state index is 6.66. The van der Waals surface area contributed by atoms with Crippen molar-refractivity contribution in [2.45, 2.75) is 6.42 Å². The van der Waals surface area contributed by atoms with Crippen LogP contribution in [0.3, 0.4) is 0 Å². The fraction of sp³-hybridized carbons (Fsp3) is 0.0256. The normalized spacial score (nSPS) is 11.9. The smallest absolute Gasteiger partial charge is 0.380 e. The number of hydrogen-bond acceptors (Lipinski definition) is 4. The molecule has 4 nitrogen and oxygen atoms in total. The Kier molecular flexibility index (Phi) is 9.55. The Balaban J connectivity index is 1.29. The lowest BCUT2D eigenvalue weighted by Crippen LogP contribution is -2.68. The van der Waals surface area contributed by atoms with Crippen molar-refractivity contribution in [1.82, 2.24) is 0 Å². The summed E-state index contributed by atoms with van der Waals surface area (Å²) in [6.07, 6.45) is 3.98. The minimum atomic E-state index is -2.92. The van der Waals surface area contributed by atoms with Crippen LogP contribution in [0.1, 0.15) is 6.42 Å². The monoisotopic (exact) mass is 618 g/mol. The molecule has 0 N–H and O–H groups in total.